The highest BCUT2D eigenvalue weighted by Crippen LogP contribution is 2.16. The van der Waals surface area contributed by atoms with E-state index in [9.17, 15) is 4.79 Å². The van der Waals surface area contributed by atoms with Crippen molar-refractivity contribution in [2.75, 3.05) is 6.61 Å². The van der Waals surface area contributed by atoms with Gasteiger partial charge in [-0.3, -0.25) is 4.79 Å². The number of carbonyl (C=O) groups excluding carboxylic acids is 1. The standard InChI is InChI=1S/C14H20ClNO2/c1-11(16-14(18)8-4-5-9-17)10-12-6-2-3-7-13(12)15/h2-3,6-7,11,17H,4-5,8-10H2,1H3,(H,16,18). The molecule has 0 aliphatic carbocycles. The molecule has 1 amide bonds. The van der Waals surface area contributed by atoms with E-state index in [0.29, 0.717) is 12.8 Å². The summed E-state index contributed by atoms with van der Waals surface area (Å²) in [6, 6.07) is 7.72. The fourth-order valence-electron chi connectivity index (χ4n) is 1.79. The van der Waals surface area contributed by atoms with E-state index >= 15 is 0 Å². The minimum absolute atomic E-state index is 0.0306. The lowest BCUT2D eigenvalue weighted by Crippen LogP contribution is -2.33. The van der Waals surface area contributed by atoms with E-state index in [0.717, 1.165) is 23.4 Å². The van der Waals surface area contributed by atoms with Crippen LogP contribution in [0.2, 0.25) is 5.02 Å². The van der Waals surface area contributed by atoms with Crippen LogP contribution in [0, 0.1) is 0 Å². The SMILES string of the molecule is CC(Cc1ccccc1Cl)NC(=O)CCCCO. The first-order chi connectivity index (χ1) is 8.63. The number of benzene rings is 1. The van der Waals surface area contributed by atoms with E-state index in [1.807, 2.05) is 31.2 Å². The van der Waals surface area contributed by atoms with Gasteiger partial charge in [-0.05, 0) is 37.8 Å². The first kappa shape index (κ1) is 15.0. The second-order valence-electron chi connectivity index (χ2n) is 4.44. The van der Waals surface area contributed by atoms with Gasteiger partial charge in [0.05, 0.1) is 0 Å². The quantitative estimate of drug-likeness (QED) is 0.748. The molecule has 0 aromatic heterocycles. The first-order valence-electron chi connectivity index (χ1n) is 6.27. The fraction of sp³-hybridized carbons (Fsp3) is 0.500. The number of hydrogen-bond donors (Lipinski definition) is 2. The third kappa shape index (κ3) is 5.52. The van der Waals surface area contributed by atoms with Gasteiger partial charge in [-0.15, -0.1) is 0 Å². The van der Waals surface area contributed by atoms with E-state index in [-0.39, 0.29) is 18.6 Å². The third-order valence-corrected chi connectivity index (χ3v) is 3.07. The van der Waals surface area contributed by atoms with Gasteiger partial charge in [0.2, 0.25) is 5.91 Å². The second-order valence-corrected chi connectivity index (χ2v) is 4.85. The van der Waals surface area contributed by atoms with Crippen LogP contribution in [0.15, 0.2) is 24.3 Å². The molecule has 4 heteroatoms. The minimum Gasteiger partial charge on any atom is -0.396 e. The molecule has 18 heavy (non-hydrogen) atoms. The molecule has 1 atom stereocenters. The normalized spacial score (nSPS) is 12.2. The Labute approximate surface area is 113 Å². The Morgan fingerprint density at radius 3 is 2.78 bits per heavy atom. The summed E-state index contributed by atoms with van der Waals surface area (Å²) < 4.78 is 0. The van der Waals surface area contributed by atoms with Gasteiger partial charge < -0.3 is 10.4 Å². The number of nitrogens with one attached hydrogen (secondary N) is 1. The van der Waals surface area contributed by atoms with Crippen molar-refractivity contribution in [2.24, 2.45) is 0 Å². The average molecular weight is 270 g/mol. The van der Waals surface area contributed by atoms with Crippen molar-refractivity contribution in [1.82, 2.24) is 5.32 Å². The average Bonchev–Trinajstić information content (AvgIpc) is 2.32. The van der Waals surface area contributed by atoms with Gasteiger partial charge in [0.25, 0.3) is 0 Å². The molecule has 0 heterocycles. The molecule has 100 valence electrons. The maximum atomic E-state index is 11.6. The minimum atomic E-state index is 0.0306. The molecule has 0 saturated carbocycles. The molecule has 3 nitrogen and oxygen atoms in total. The smallest absolute Gasteiger partial charge is 0.220 e. The zero-order valence-corrected chi connectivity index (χ0v) is 11.4. The molecule has 0 spiro atoms. The number of aliphatic hydroxyl groups is 1. The number of unbranched alkanes of at least 4 members (excludes halogenated alkanes) is 1. The van der Waals surface area contributed by atoms with Crippen LogP contribution in [0.1, 0.15) is 31.7 Å². The van der Waals surface area contributed by atoms with Crippen molar-refractivity contribution in [3.63, 3.8) is 0 Å². The van der Waals surface area contributed by atoms with Crippen LogP contribution in [0.5, 0.6) is 0 Å². The van der Waals surface area contributed by atoms with E-state index < -0.39 is 0 Å². The van der Waals surface area contributed by atoms with E-state index in [1.54, 1.807) is 0 Å². The third-order valence-electron chi connectivity index (χ3n) is 2.70. The zero-order valence-electron chi connectivity index (χ0n) is 10.7. The molecule has 0 aliphatic rings. The fourth-order valence-corrected chi connectivity index (χ4v) is 2.00. The monoisotopic (exact) mass is 269 g/mol. The van der Waals surface area contributed by atoms with Gasteiger partial charge in [-0.1, -0.05) is 29.8 Å². The van der Waals surface area contributed by atoms with Crippen LogP contribution in [0.3, 0.4) is 0 Å². The molecule has 1 aromatic carbocycles. The number of rotatable bonds is 7. The Kier molecular flexibility index (Phi) is 6.76. The van der Waals surface area contributed by atoms with Crippen LogP contribution in [-0.4, -0.2) is 23.7 Å². The zero-order chi connectivity index (χ0) is 13.4. The summed E-state index contributed by atoms with van der Waals surface area (Å²) in [5.41, 5.74) is 1.04. The summed E-state index contributed by atoms with van der Waals surface area (Å²) in [7, 11) is 0. The first-order valence-corrected chi connectivity index (χ1v) is 6.65. The van der Waals surface area contributed by atoms with Gasteiger partial charge >= 0.3 is 0 Å². The lowest BCUT2D eigenvalue weighted by Gasteiger charge is -2.14. The maximum Gasteiger partial charge on any atom is 0.220 e. The summed E-state index contributed by atoms with van der Waals surface area (Å²) in [4.78, 5) is 11.6. The summed E-state index contributed by atoms with van der Waals surface area (Å²) in [5.74, 6) is 0.0306. The van der Waals surface area contributed by atoms with Crippen molar-refractivity contribution in [3.05, 3.63) is 34.9 Å². The Morgan fingerprint density at radius 1 is 1.39 bits per heavy atom. The molecule has 0 saturated heterocycles. The van der Waals surface area contributed by atoms with Gasteiger partial charge in [0.15, 0.2) is 0 Å². The van der Waals surface area contributed by atoms with E-state index in [2.05, 4.69) is 5.32 Å². The number of carbonyl (C=O) groups is 1. The largest absolute Gasteiger partial charge is 0.396 e. The highest BCUT2D eigenvalue weighted by Gasteiger charge is 2.09. The maximum absolute atomic E-state index is 11.6. The Hall–Kier alpha value is -1.06. The van der Waals surface area contributed by atoms with Crippen LogP contribution in [0.4, 0.5) is 0 Å². The lowest BCUT2D eigenvalue weighted by molar-refractivity contribution is -0.121. The number of aliphatic hydroxyl groups excluding tert-OH is 1. The van der Waals surface area contributed by atoms with Crippen molar-refractivity contribution in [2.45, 2.75) is 38.6 Å². The Balaban J connectivity index is 2.35. The molecule has 0 fully saturated rings. The van der Waals surface area contributed by atoms with Crippen LogP contribution >= 0.6 is 11.6 Å². The number of halogens is 1. The Bertz CT molecular complexity index is 382. The Morgan fingerprint density at radius 2 is 2.11 bits per heavy atom. The van der Waals surface area contributed by atoms with Gasteiger partial charge in [0, 0.05) is 24.1 Å². The molecule has 1 rings (SSSR count). The molecule has 1 aromatic rings. The molecule has 0 aliphatic heterocycles. The van der Waals surface area contributed by atoms with Gasteiger partial charge in [0.1, 0.15) is 0 Å². The van der Waals surface area contributed by atoms with E-state index in [4.69, 9.17) is 16.7 Å². The molecule has 1 unspecified atom stereocenters. The molecule has 0 bridgehead atoms. The van der Waals surface area contributed by atoms with Gasteiger partial charge in [-0.2, -0.15) is 0 Å². The predicted molar refractivity (Wildman–Crippen MR) is 73.7 cm³/mol. The van der Waals surface area contributed by atoms with E-state index in [1.165, 1.54) is 0 Å². The van der Waals surface area contributed by atoms with Crippen molar-refractivity contribution in [3.8, 4) is 0 Å². The van der Waals surface area contributed by atoms with Crippen molar-refractivity contribution >= 4 is 17.5 Å². The van der Waals surface area contributed by atoms with Gasteiger partial charge in [-0.25, -0.2) is 0 Å². The topological polar surface area (TPSA) is 49.3 Å². The summed E-state index contributed by atoms with van der Waals surface area (Å²) in [6.07, 6.45) is 2.59. The van der Waals surface area contributed by atoms with Crippen molar-refractivity contribution in [1.29, 1.82) is 0 Å². The summed E-state index contributed by atoms with van der Waals surface area (Å²) >= 11 is 6.07. The molecular formula is C14H20ClNO2. The highest BCUT2D eigenvalue weighted by atomic mass is 35.5. The summed E-state index contributed by atoms with van der Waals surface area (Å²) in [6.45, 7) is 2.11. The molecule has 0 radical (unpaired) electrons. The number of hydrogen-bond acceptors (Lipinski definition) is 2. The molecule has 2 N–H and O–H groups in total. The lowest BCUT2D eigenvalue weighted by atomic mass is 10.1. The van der Waals surface area contributed by atoms with Crippen LogP contribution < -0.4 is 5.32 Å². The summed E-state index contributed by atoms with van der Waals surface area (Å²) in [5, 5.41) is 12.3. The van der Waals surface area contributed by atoms with Crippen LogP contribution in [0.25, 0.3) is 0 Å². The van der Waals surface area contributed by atoms with Crippen LogP contribution in [-0.2, 0) is 11.2 Å². The second kappa shape index (κ2) is 8.11. The highest BCUT2D eigenvalue weighted by molar-refractivity contribution is 6.31. The molecular weight excluding hydrogens is 250 g/mol. The number of amides is 1. The van der Waals surface area contributed by atoms with Crippen molar-refractivity contribution < 1.29 is 9.90 Å². The predicted octanol–water partition coefficient (Wildman–Crippen LogP) is 2.55.